The van der Waals surface area contributed by atoms with Crippen LogP contribution in [0.5, 0.6) is 5.75 Å². The number of amidine groups is 1. The Bertz CT molecular complexity index is 660. The van der Waals surface area contributed by atoms with Gasteiger partial charge in [0, 0.05) is 26.1 Å². The van der Waals surface area contributed by atoms with E-state index in [0.717, 1.165) is 25.5 Å². The normalized spacial score (nSPS) is 13.7. The van der Waals surface area contributed by atoms with Crippen molar-refractivity contribution in [1.82, 2.24) is 10.2 Å². The number of anilines is 1. The van der Waals surface area contributed by atoms with Crippen molar-refractivity contribution >= 4 is 34.9 Å². The average molecular weight is 339 g/mol. The summed E-state index contributed by atoms with van der Waals surface area (Å²) in [5.74, 6) is -0.204. The molecule has 0 fully saturated rings. The fraction of sp³-hybridized carbons (Fsp3) is 0.400. The van der Waals surface area contributed by atoms with Crippen LogP contribution in [-0.2, 0) is 4.79 Å². The van der Waals surface area contributed by atoms with Crippen LogP contribution in [0.3, 0.4) is 0 Å². The van der Waals surface area contributed by atoms with Crippen molar-refractivity contribution < 1.29 is 14.7 Å². The van der Waals surface area contributed by atoms with Gasteiger partial charge in [0.1, 0.15) is 11.6 Å². The predicted molar refractivity (Wildman–Crippen MR) is 89.3 cm³/mol. The van der Waals surface area contributed by atoms with Crippen LogP contribution in [-0.4, -0.2) is 53.8 Å². The van der Waals surface area contributed by atoms with Crippen LogP contribution in [0.2, 0.25) is 5.02 Å². The van der Waals surface area contributed by atoms with Crippen LogP contribution in [0, 0.1) is 0 Å². The minimum atomic E-state index is -0.454. The number of nitrogens with zero attached hydrogens (tertiary/aromatic N) is 2. The Labute approximate surface area is 139 Å². The van der Waals surface area contributed by atoms with Gasteiger partial charge in [0.25, 0.3) is 5.91 Å². The predicted octanol–water partition coefficient (Wildman–Crippen LogP) is 1.47. The molecule has 0 saturated heterocycles. The number of aromatic hydroxyl groups is 1. The molecule has 2 rings (SSSR count). The number of rotatable bonds is 5. The highest BCUT2D eigenvalue weighted by molar-refractivity contribution is 6.34. The number of carbonyl (C=O) groups is 2. The first-order valence-corrected chi connectivity index (χ1v) is 7.66. The number of hydrogen-bond acceptors (Lipinski definition) is 5. The van der Waals surface area contributed by atoms with E-state index in [4.69, 9.17) is 11.6 Å². The fourth-order valence-corrected chi connectivity index (χ4v) is 2.53. The second-order valence-corrected chi connectivity index (χ2v) is 5.50. The standard InChI is InChI=1S/C15H19ClN4O3/c1-3-20-5-4-17-14(20)8-18-15(23)10-6-11(16)12(7-13(10)22)19-9(2)21/h6-7,22H,3-5,8H2,1-2H3,(H,18,23)(H,19,21). The van der Waals surface area contributed by atoms with E-state index in [2.05, 4.69) is 20.5 Å². The summed E-state index contributed by atoms with van der Waals surface area (Å²) in [5, 5.41) is 15.4. The molecule has 0 atom stereocenters. The van der Waals surface area contributed by atoms with E-state index in [1.807, 2.05) is 6.92 Å². The van der Waals surface area contributed by atoms with Crippen molar-refractivity contribution in [1.29, 1.82) is 0 Å². The third-order valence-corrected chi connectivity index (χ3v) is 3.77. The van der Waals surface area contributed by atoms with E-state index in [1.165, 1.54) is 19.1 Å². The minimum Gasteiger partial charge on any atom is -0.507 e. The van der Waals surface area contributed by atoms with Crippen LogP contribution in [0.15, 0.2) is 17.1 Å². The second-order valence-electron chi connectivity index (χ2n) is 5.09. The third kappa shape index (κ3) is 4.13. The highest BCUT2D eigenvalue weighted by atomic mass is 35.5. The molecular weight excluding hydrogens is 320 g/mol. The first kappa shape index (κ1) is 17.1. The third-order valence-electron chi connectivity index (χ3n) is 3.46. The lowest BCUT2D eigenvalue weighted by Crippen LogP contribution is -2.37. The van der Waals surface area contributed by atoms with Gasteiger partial charge in [-0.1, -0.05) is 11.6 Å². The highest BCUT2D eigenvalue weighted by Crippen LogP contribution is 2.30. The second kappa shape index (κ2) is 7.32. The highest BCUT2D eigenvalue weighted by Gasteiger charge is 2.18. The smallest absolute Gasteiger partial charge is 0.255 e. The lowest BCUT2D eigenvalue weighted by molar-refractivity contribution is -0.114. The number of halogens is 1. The van der Waals surface area contributed by atoms with Gasteiger partial charge >= 0.3 is 0 Å². The lowest BCUT2D eigenvalue weighted by Gasteiger charge is -2.18. The monoisotopic (exact) mass is 338 g/mol. The molecule has 0 aromatic heterocycles. The van der Waals surface area contributed by atoms with Crippen molar-refractivity contribution in [3.63, 3.8) is 0 Å². The van der Waals surface area contributed by atoms with Crippen molar-refractivity contribution in [2.24, 2.45) is 4.99 Å². The average Bonchev–Trinajstić information content (AvgIpc) is 2.95. The Morgan fingerprint density at radius 1 is 1.43 bits per heavy atom. The van der Waals surface area contributed by atoms with Crippen molar-refractivity contribution in [3.05, 3.63) is 22.7 Å². The maximum Gasteiger partial charge on any atom is 0.255 e. The van der Waals surface area contributed by atoms with E-state index in [1.54, 1.807) is 0 Å². The molecule has 0 radical (unpaired) electrons. The molecule has 124 valence electrons. The van der Waals surface area contributed by atoms with Gasteiger partial charge in [-0.15, -0.1) is 0 Å². The van der Waals surface area contributed by atoms with E-state index in [9.17, 15) is 14.7 Å². The van der Waals surface area contributed by atoms with E-state index in [0.29, 0.717) is 0 Å². The summed E-state index contributed by atoms with van der Waals surface area (Å²) in [6.45, 7) is 6.05. The number of aliphatic imine (C=N–C) groups is 1. The van der Waals surface area contributed by atoms with E-state index < -0.39 is 5.91 Å². The Morgan fingerprint density at radius 2 is 2.17 bits per heavy atom. The quantitative estimate of drug-likeness (QED) is 0.757. The molecule has 0 spiro atoms. The molecule has 2 amide bonds. The van der Waals surface area contributed by atoms with Gasteiger partial charge < -0.3 is 20.6 Å². The van der Waals surface area contributed by atoms with E-state index >= 15 is 0 Å². The maximum absolute atomic E-state index is 12.2. The number of likely N-dealkylation sites (N-methyl/N-ethyl adjacent to an activating group) is 1. The summed E-state index contributed by atoms with van der Waals surface area (Å²) in [4.78, 5) is 29.7. The van der Waals surface area contributed by atoms with Crippen LogP contribution < -0.4 is 10.6 Å². The first-order chi connectivity index (χ1) is 10.9. The summed E-state index contributed by atoms with van der Waals surface area (Å²) in [6.07, 6.45) is 0. The zero-order valence-corrected chi connectivity index (χ0v) is 13.8. The lowest BCUT2D eigenvalue weighted by atomic mass is 10.1. The molecule has 0 bridgehead atoms. The number of hydrogen-bond donors (Lipinski definition) is 3. The topological polar surface area (TPSA) is 94.0 Å². The molecule has 23 heavy (non-hydrogen) atoms. The summed E-state index contributed by atoms with van der Waals surface area (Å²) in [5.41, 5.74) is 0.302. The molecule has 1 aliphatic heterocycles. The fourth-order valence-electron chi connectivity index (χ4n) is 2.32. The van der Waals surface area contributed by atoms with Gasteiger partial charge in [0.05, 0.1) is 29.4 Å². The largest absolute Gasteiger partial charge is 0.507 e. The minimum absolute atomic E-state index is 0.0470. The SMILES string of the molecule is CCN1CCN=C1CNC(=O)c1cc(Cl)c(NC(C)=O)cc1O. The van der Waals surface area contributed by atoms with Crippen molar-refractivity contribution in [2.45, 2.75) is 13.8 Å². The molecule has 0 saturated carbocycles. The zero-order valence-electron chi connectivity index (χ0n) is 13.0. The van der Waals surface area contributed by atoms with Crippen molar-refractivity contribution in [3.8, 4) is 5.75 Å². The molecule has 3 N–H and O–H groups in total. The summed E-state index contributed by atoms with van der Waals surface area (Å²) >= 11 is 6.02. The van der Waals surface area contributed by atoms with Crippen LogP contribution in [0.1, 0.15) is 24.2 Å². The molecular formula is C15H19ClN4O3. The Morgan fingerprint density at radius 3 is 2.83 bits per heavy atom. The summed E-state index contributed by atoms with van der Waals surface area (Å²) < 4.78 is 0. The molecule has 0 unspecified atom stereocenters. The number of benzene rings is 1. The Balaban J connectivity index is 2.07. The number of carbonyl (C=O) groups excluding carboxylic acids is 2. The molecule has 1 aromatic carbocycles. The number of amides is 2. The van der Waals surface area contributed by atoms with Crippen LogP contribution >= 0.6 is 11.6 Å². The van der Waals surface area contributed by atoms with Gasteiger partial charge in [0.2, 0.25) is 5.91 Å². The first-order valence-electron chi connectivity index (χ1n) is 7.29. The van der Waals surface area contributed by atoms with Crippen LogP contribution in [0.4, 0.5) is 5.69 Å². The number of phenolic OH excluding ortho intramolecular Hbond substituents is 1. The molecule has 1 aliphatic rings. The molecule has 8 heteroatoms. The van der Waals surface area contributed by atoms with Crippen LogP contribution in [0.25, 0.3) is 0 Å². The Hall–Kier alpha value is -2.28. The zero-order chi connectivity index (χ0) is 17.0. The molecule has 1 aromatic rings. The Kier molecular flexibility index (Phi) is 5.44. The van der Waals surface area contributed by atoms with Gasteiger partial charge in [-0.3, -0.25) is 14.6 Å². The summed E-state index contributed by atoms with van der Waals surface area (Å²) in [6, 6.07) is 2.58. The summed E-state index contributed by atoms with van der Waals surface area (Å²) in [7, 11) is 0. The molecule has 0 aliphatic carbocycles. The van der Waals surface area contributed by atoms with Gasteiger partial charge in [0.15, 0.2) is 0 Å². The van der Waals surface area contributed by atoms with E-state index in [-0.39, 0.29) is 34.5 Å². The van der Waals surface area contributed by atoms with Gasteiger partial charge in [-0.05, 0) is 13.0 Å². The molecule has 1 heterocycles. The van der Waals surface area contributed by atoms with Gasteiger partial charge in [-0.25, -0.2) is 0 Å². The van der Waals surface area contributed by atoms with Crippen molar-refractivity contribution in [2.75, 3.05) is 31.5 Å². The maximum atomic E-state index is 12.2. The number of nitrogens with one attached hydrogen (secondary N) is 2. The molecule has 7 nitrogen and oxygen atoms in total. The number of phenols is 1. The van der Waals surface area contributed by atoms with Gasteiger partial charge in [-0.2, -0.15) is 0 Å².